The summed E-state index contributed by atoms with van der Waals surface area (Å²) in [6, 6.07) is 15.6. The molecule has 0 heterocycles. The Morgan fingerprint density at radius 3 is 1.25 bits per heavy atom. The number of nitrogens with one attached hydrogen (secondary N) is 2. The normalized spacial score (nSPS) is 13.2. The average molecular weight is 545 g/mol. The molecule has 2 rings (SSSR count). The second-order valence-electron chi connectivity index (χ2n) is 10.9. The molecule has 0 aliphatic carbocycles. The van der Waals surface area contributed by atoms with Gasteiger partial charge in [-0.15, -0.1) is 0 Å². The first-order valence-electron chi connectivity index (χ1n) is 13.9. The third-order valence-corrected chi connectivity index (χ3v) is 5.90. The highest BCUT2D eigenvalue weighted by Crippen LogP contribution is 2.11. The zero-order chi connectivity index (χ0) is 29.7. The summed E-state index contributed by atoms with van der Waals surface area (Å²) in [4.78, 5) is 35.0. The first kappa shape index (κ1) is 32.3. The monoisotopic (exact) mass is 544 g/mol. The van der Waals surface area contributed by atoms with Crippen LogP contribution in [0.4, 0.5) is 11.4 Å². The lowest BCUT2D eigenvalue weighted by Crippen LogP contribution is -2.26. The smallest absolute Gasteiger partial charge is 0.185 e. The highest BCUT2D eigenvalue weighted by atomic mass is 16.1. The van der Waals surface area contributed by atoms with E-state index >= 15 is 0 Å². The number of hydrazone groups is 2. The highest BCUT2D eigenvalue weighted by molar-refractivity contribution is 6.67. The Balaban J connectivity index is 2.18. The lowest BCUT2D eigenvalue weighted by molar-refractivity contribution is -0.114. The third kappa shape index (κ3) is 11.4. The first-order chi connectivity index (χ1) is 19.0. The van der Waals surface area contributed by atoms with Crippen molar-refractivity contribution >= 4 is 45.8 Å². The molecule has 40 heavy (non-hydrogen) atoms. The van der Waals surface area contributed by atoms with E-state index in [-0.39, 0.29) is 23.4 Å². The minimum atomic E-state index is -0.0635. The Morgan fingerprint density at radius 2 is 0.950 bits per heavy atom. The second kappa shape index (κ2) is 16.2. The number of aliphatic imine (C=N–C) groups is 2. The van der Waals surface area contributed by atoms with Gasteiger partial charge >= 0.3 is 0 Å². The van der Waals surface area contributed by atoms with Crippen LogP contribution < -0.4 is 10.9 Å². The molecule has 0 saturated carbocycles. The summed E-state index contributed by atoms with van der Waals surface area (Å²) in [5, 5.41) is 8.81. The molecule has 2 aromatic carbocycles. The maximum atomic E-state index is 12.9. The lowest BCUT2D eigenvalue weighted by atomic mass is 10.0. The largest absolute Gasteiger partial charge is 0.292 e. The average Bonchev–Trinajstić information content (AvgIpc) is 2.88. The van der Waals surface area contributed by atoms with E-state index in [0.29, 0.717) is 48.8 Å². The Kier molecular flexibility index (Phi) is 13.1. The maximum Gasteiger partial charge on any atom is 0.185 e. The molecule has 0 bridgehead atoms. The van der Waals surface area contributed by atoms with Gasteiger partial charge in [0, 0.05) is 12.8 Å². The fraction of sp³-hybridized carbons (Fsp3) is 0.438. The number of Topliss-reactive ketones (excluding diaryl/α,β-unsaturated/α-hetero) is 2. The molecule has 0 fully saturated rings. The molecule has 8 heteroatoms. The molecule has 8 nitrogen and oxygen atoms in total. The Labute approximate surface area is 239 Å². The molecule has 0 radical (unpaired) electrons. The van der Waals surface area contributed by atoms with Crippen molar-refractivity contribution in [3.63, 3.8) is 0 Å². The van der Waals surface area contributed by atoms with Crippen LogP contribution >= 0.6 is 0 Å². The van der Waals surface area contributed by atoms with Crippen LogP contribution in [0.1, 0.15) is 65.5 Å². The molecule has 2 N–H and O–H groups in total. The first-order valence-corrected chi connectivity index (χ1v) is 13.9. The SMILES string of the molecule is CC(=NCCN=C(C)/C(=N\Nc1ccc(C)cc1)C(=O)CC(C)C)/C(=N\Nc1ccc(C)cc1)C(=O)CC(C)C. The van der Waals surface area contributed by atoms with Crippen molar-refractivity contribution in [2.45, 2.75) is 68.2 Å². The van der Waals surface area contributed by atoms with Gasteiger partial charge in [0.05, 0.1) is 35.9 Å². The van der Waals surface area contributed by atoms with Gasteiger partial charge in [-0.05, 0) is 63.8 Å². The molecular weight excluding hydrogens is 500 g/mol. The van der Waals surface area contributed by atoms with Gasteiger partial charge in [-0.25, -0.2) is 0 Å². The number of rotatable bonds is 15. The van der Waals surface area contributed by atoms with Crippen LogP contribution in [0.5, 0.6) is 0 Å². The molecule has 2 aromatic rings. The standard InChI is InChI=1S/C32H44N6O2/c1-21(2)19-29(39)31(37-35-27-13-9-23(5)10-14-27)25(7)33-17-18-34-26(8)32(30(40)20-22(3)4)38-36-28-15-11-24(6)12-16-28/h9-16,21-22,35-36H,17-20H2,1-8H3/b33-25?,34-26?,37-31+,38-32+. The summed E-state index contributed by atoms with van der Waals surface area (Å²) in [6.45, 7) is 16.3. The predicted octanol–water partition coefficient (Wildman–Crippen LogP) is 6.69. The van der Waals surface area contributed by atoms with Crippen molar-refractivity contribution in [2.24, 2.45) is 32.0 Å². The van der Waals surface area contributed by atoms with Crippen LogP contribution in [-0.2, 0) is 9.59 Å². The van der Waals surface area contributed by atoms with Crippen molar-refractivity contribution in [2.75, 3.05) is 23.9 Å². The van der Waals surface area contributed by atoms with Crippen molar-refractivity contribution in [1.29, 1.82) is 0 Å². The number of benzene rings is 2. The molecular formula is C32H44N6O2. The van der Waals surface area contributed by atoms with Crippen LogP contribution in [0.3, 0.4) is 0 Å². The van der Waals surface area contributed by atoms with Crippen LogP contribution in [0.15, 0.2) is 68.7 Å². The van der Waals surface area contributed by atoms with Crippen molar-refractivity contribution in [3.05, 3.63) is 59.7 Å². The van der Waals surface area contributed by atoms with Crippen molar-refractivity contribution in [1.82, 2.24) is 0 Å². The summed E-state index contributed by atoms with van der Waals surface area (Å²) >= 11 is 0. The fourth-order valence-corrected chi connectivity index (χ4v) is 3.71. The van der Waals surface area contributed by atoms with E-state index in [1.807, 2.05) is 90.1 Å². The van der Waals surface area contributed by atoms with E-state index in [9.17, 15) is 9.59 Å². The summed E-state index contributed by atoms with van der Waals surface area (Å²) in [5.41, 5.74) is 11.6. The van der Waals surface area contributed by atoms with Gasteiger partial charge in [0.2, 0.25) is 0 Å². The summed E-state index contributed by atoms with van der Waals surface area (Å²) in [6.07, 6.45) is 0.759. The fourth-order valence-electron chi connectivity index (χ4n) is 3.71. The predicted molar refractivity (Wildman–Crippen MR) is 169 cm³/mol. The molecule has 214 valence electrons. The van der Waals surface area contributed by atoms with E-state index in [1.54, 1.807) is 13.8 Å². The molecule has 0 aliphatic heterocycles. The number of ketones is 2. The Bertz CT molecular complexity index is 1150. The summed E-state index contributed by atoms with van der Waals surface area (Å²) in [7, 11) is 0. The number of hydrogen-bond donors (Lipinski definition) is 2. The van der Waals surface area contributed by atoms with E-state index in [0.717, 1.165) is 22.5 Å². The maximum absolute atomic E-state index is 12.9. The van der Waals surface area contributed by atoms with E-state index in [4.69, 9.17) is 0 Å². The third-order valence-electron chi connectivity index (χ3n) is 5.90. The van der Waals surface area contributed by atoms with Crippen LogP contribution in [0.2, 0.25) is 0 Å². The van der Waals surface area contributed by atoms with Crippen LogP contribution in [0.25, 0.3) is 0 Å². The van der Waals surface area contributed by atoms with E-state index < -0.39 is 0 Å². The topological polar surface area (TPSA) is 108 Å². The van der Waals surface area contributed by atoms with Gasteiger partial charge in [0.15, 0.2) is 11.6 Å². The summed E-state index contributed by atoms with van der Waals surface area (Å²) < 4.78 is 0. The molecule has 0 aliphatic rings. The number of carbonyl (C=O) groups is 2. The van der Waals surface area contributed by atoms with Crippen molar-refractivity contribution in [3.8, 4) is 0 Å². The minimum Gasteiger partial charge on any atom is -0.292 e. The van der Waals surface area contributed by atoms with E-state index in [2.05, 4.69) is 31.0 Å². The van der Waals surface area contributed by atoms with Gasteiger partial charge in [-0.1, -0.05) is 63.1 Å². The zero-order valence-corrected chi connectivity index (χ0v) is 25.2. The molecule has 0 atom stereocenters. The van der Waals surface area contributed by atoms with Gasteiger partial charge < -0.3 is 0 Å². The molecule has 0 spiro atoms. The molecule has 0 amide bonds. The number of hydrogen-bond acceptors (Lipinski definition) is 8. The highest BCUT2D eigenvalue weighted by Gasteiger charge is 2.18. The zero-order valence-electron chi connectivity index (χ0n) is 25.2. The van der Waals surface area contributed by atoms with Gasteiger partial charge in [-0.2, -0.15) is 10.2 Å². The van der Waals surface area contributed by atoms with Crippen LogP contribution in [0, 0.1) is 25.7 Å². The number of anilines is 2. The molecule has 0 unspecified atom stereocenters. The quantitative estimate of drug-likeness (QED) is 0.148. The number of carbonyl (C=O) groups excluding carboxylic acids is 2. The van der Waals surface area contributed by atoms with Gasteiger partial charge in [0.25, 0.3) is 0 Å². The second-order valence-corrected chi connectivity index (χ2v) is 10.9. The Hall–Kier alpha value is -3.94. The molecule has 0 saturated heterocycles. The number of nitrogens with zero attached hydrogens (tertiary/aromatic N) is 4. The minimum absolute atomic E-state index is 0.0635. The lowest BCUT2D eigenvalue weighted by Gasteiger charge is -2.10. The van der Waals surface area contributed by atoms with Crippen molar-refractivity contribution < 1.29 is 9.59 Å². The van der Waals surface area contributed by atoms with E-state index in [1.165, 1.54) is 0 Å². The Morgan fingerprint density at radius 1 is 0.625 bits per heavy atom. The molecule has 0 aromatic heterocycles. The van der Waals surface area contributed by atoms with Gasteiger partial charge in [0.1, 0.15) is 11.4 Å². The summed E-state index contributed by atoms with van der Waals surface area (Å²) in [5.74, 6) is 0.274. The number of aryl methyl sites for hydroxylation is 2. The van der Waals surface area contributed by atoms with Crippen LogP contribution in [-0.4, -0.2) is 47.5 Å². The van der Waals surface area contributed by atoms with Gasteiger partial charge in [-0.3, -0.25) is 30.4 Å².